The van der Waals surface area contributed by atoms with Gasteiger partial charge in [-0.15, -0.1) is 0 Å². The Hall–Kier alpha value is -4.50. The highest BCUT2D eigenvalue weighted by Crippen LogP contribution is 2.48. The van der Waals surface area contributed by atoms with Crippen molar-refractivity contribution < 1.29 is 31.8 Å². The van der Waals surface area contributed by atoms with Crippen molar-refractivity contribution >= 4 is 51.8 Å². The Morgan fingerprint density at radius 2 is 1.90 bits per heavy atom. The molecule has 13 nitrogen and oxygen atoms in total. The molecular weight excluding hydrogens is 731 g/mol. The summed E-state index contributed by atoms with van der Waals surface area (Å²) in [6, 6.07) is 2.78. The Labute approximate surface area is 304 Å². The molecule has 0 unspecified atom stereocenters. The average Bonchev–Trinajstić information content (AvgIpc) is 3.73. The fourth-order valence-electron chi connectivity index (χ4n) is 6.76. The number of benzene rings is 1. The van der Waals surface area contributed by atoms with E-state index in [2.05, 4.69) is 30.9 Å². The molecule has 1 atom stereocenters. The third-order valence-corrected chi connectivity index (χ3v) is 10.1. The quantitative estimate of drug-likeness (QED) is 0.241. The number of hydrogen-bond donors (Lipinski definition) is 1. The van der Waals surface area contributed by atoms with E-state index < -0.39 is 51.4 Å². The number of hydrogen-bond acceptors (Lipinski definition) is 11. The van der Waals surface area contributed by atoms with Crippen LogP contribution in [0.1, 0.15) is 24.0 Å². The van der Waals surface area contributed by atoms with Gasteiger partial charge in [0.05, 0.1) is 60.5 Å². The number of halogens is 6. The molecule has 1 amide bonds. The molecule has 0 bridgehead atoms. The van der Waals surface area contributed by atoms with E-state index in [9.17, 15) is 23.2 Å². The van der Waals surface area contributed by atoms with Crippen LogP contribution in [0.3, 0.4) is 0 Å². The maximum Gasteiger partial charge on any atom is 0.418 e. The van der Waals surface area contributed by atoms with Crippen LogP contribution in [0.15, 0.2) is 24.7 Å². The predicted octanol–water partition coefficient (Wildman–Crippen LogP) is 5.42. The summed E-state index contributed by atoms with van der Waals surface area (Å²) in [6.45, 7) is 5.07. The number of nitrogens with two attached hydrogens (primary N) is 1. The lowest BCUT2D eigenvalue weighted by atomic mass is 9.98. The van der Waals surface area contributed by atoms with Crippen molar-refractivity contribution in [3.8, 4) is 23.3 Å². The van der Waals surface area contributed by atoms with Gasteiger partial charge in [0.15, 0.2) is 5.82 Å². The van der Waals surface area contributed by atoms with Crippen molar-refractivity contribution in [3.63, 3.8) is 0 Å². The van der Waals surface area contributed by atoms with E-state index in [0.29, 0.717) is 13.2 Å². The first kappa shape index (κ1) is 35.9. The maximum atomic E-state index is 16.9. The summed E-state index contributed by atoms with van der Waals surface area (Å²) in [5.74, 6) is -1.41. The van der Waals surface area contributed by atoms with Gasteiger partial charge in [-0.05, 0) is 37.5 Å². The van der Waals surface area contributed by atoms with E-state index in [0.717, 1.165) is 38.5 Å². The molecule has 2 saturated heterocycles. The molecule has 1 aromatic carbocycles. The molecule has 0 radical (unpaired) electrons. The van der Waals surface area contributed by atoms with Crippen molar-refractivity contribution in [1.29, 1.82) is 5.26 Å². The molecule has 2 aliphatic heterocycles. The Balaban J connectivity index is 1.30. The van der Waals surface area contributed by atoms with Gasteiger partial charge in [-0.25, -0.2) is 19.2 Å². The van der Waals surface area contributed by atoms with Gasteiger partial charge >= 0.3 is 18.2 Å². The molecular formula is C33H32Cl2F4N10O3. The lowest BCUT2D eigenvalue weighted by Gasteiger charge is -2.39. The highest BCUT2D eigenvalue weighted by atomic mass is 35.5. The number of imidazole rings is 1. The number of fused-ring (bicyclic) bond motifs is 1. The highest BCUT2D eigenvalue weighted by molar-refractivity contribution is 6.34. The van der Waals surface area contributed by atoms with Crippen LogP contribution in [-0.2, 0) is 10.9 Å². The third-order valence-electron chi connectivity index (χ3n) is 9.57. The number of morpholine rings is 1. The van der Waals surface area contributed by atoms with E-state index in [1.807, 2.05) is 0 Å². The normalized spacial score (nSPS) is 19.2. The summed E-state index contributed by atoms with van der Waals surface area (Å²) in [7, 11) is 0. The van der Waals surface area contributed by atoms with Gasteiger partial charge in [-0.2, -0.15) is 28.4 Å². The van der Waals surface area contributed by atoms with Crippen LogP contribution in [0.2, 0.25) is 10.2 Å². The zero-order valence-corrected chi connectivity index (χ0v) is 29.3. The molecule has 3 fully saturated rings. The molecule has 1 aliphatic carbocycles. The Kier molecular flexibility index (Phi) is 9.53. The standard InChI is InChI=1S/C33H32Cl2F4N10O3/c1-18-10-23(41)43-28(25(18)33(37,38)39)24-21(34)11-20-27(26(24)36)44-30(52-16-32(2-3-32)15-46-6-8-51-9-7-46)45-29(20)49-5-4-47(13-19(49)12-40)31(50)48-14-22(35)42-17-48/h10-11,14,17,19H,2-9,13,15-16H2,1H3,(H2,41,43)/t19-/m0/s1. The summed E-state index contributed by atoms with van der Waals surface area (Å²) in [5, 5.41) is 10.0. The number of ether oxygens (including phenoxy) is 2. The molecule has 1 saturated carbocycles. The first-order valence-electron chi connectivity index (χ1n) is 16.4. The van der Waals surface area contributed by atoms with Crippen LogP contribution < -0.4 is 15.4 Å². The number of aryl methyl sites for hydroxylation is 1. The Morgan fingerprint density at radius 3 is 2.56 bits per heavy atom. The second-order valence-electron chi connectivity index (χ2n) is 13.2. The van der Waals surface area contributed by atoms with Gasteiger partial charge in [0.25, 0.3) is 0 Å². The van der Waals surface area contributed by atoms with Crippen LogP contribution >= 0.6 is 23.2 Å². The highest BCUT2D eigenvalue weighted by Gasteiger charge is 2.45. The minimum atomic E-state index is -4.92. The van der Waals surface area contributed by atoms with Crippen molar-refractivity contribution in [2.75, 3.05) is 69.7 Å². The summed E-state index contributed by atoms with van der Waals surface area (Å²) >= 11 is 12.5. The van der Waals surface area contributed by atoms with Gasteiger partial charge in [0.2, 0.25) is 0 Å². The third kappa shape index (κ3) is 6.99. The summed E-state index contributed by atoms with van der Waals surface area (Å²) in [4.78, 5) is 35.2. The minimum Gasteiger partial charge on any atom is -0.463 e. The molecule has 19 heteroatoms. The van der Waals surface area contributed by atoms with E-state index in [1.54, 1.807) is 4.90 Å². The monoisotopic (exact) mass is 762 g/mol. The van der Waals surface area contributed by atoms with Gasteiger partial charge in [0, 0.05) is 43.5 Å². The number of rotatable bonds is 7. The van der Waals surface area contributed by atoms with Crippen LogP contribution in [0.25, 0.3) is 22.2 Å². The van der Waals surface area contributed by atoms with E-state index in [1.165, 1.54) is 35.0 Å². The first-order chi connectivity index (χ1) is 24.8. The fourth-order valence-corrected chi connectivity index (χ4v) is 7.19. The van der Waals surface area contributed by atoms with Crippen molar-refractivity contribution in [1.82, 2.24) is 34.3 Å². The Morgan fingerprint density at radius 1 is 1.15 bits per heavy atom. The molecule has 3 aromatic heterocycles. The number of anilines is 2. The van der Waals surface area contributed by atoms with E-state index in [-0.39, 0.29) is 65.4 Å². The number of pyridine rings is 1. The zero-order chi connectivity index (χ0) is 36.9. The van der Waals surface area contributed by atoms with Crippen LogP contribution in [0.4, 0.5) is 34.0 Å². The Bertz CT molecular complexity index is 2080. The van der Waals surface area contributed by atoms with Gasteiger partial charge < -0.3 is 25.0 Å². The zero-order valence-electron chi connectivity index (χ0n) is 27.8. The van der Waals surface area contributed by atoms with Crippen LogP contribution in [-0.4, -0.2) is 105 Å². The number of nitrogen functional groups attached to an aromatic ring is 1. The molecule has 52 heavy (non-hydrogen) atoms. The molecule has 274 valence electrons. The molecule has 5 heterocycles. The lowest BCUT2D eigenvalue weighted by Crippen LogP contribution is -2.55. The number of carbonyl (C=O) groups is 1. The van der Waals surface area contributed by atoms with Gasteiger partial charge in [0.1, 0.15) is 34.7 Å². The number of aromatic nitrogens is 5. The number of nitrogens with zero attached hydrogens (tertiary/aromatic N) is 9. The smallest absolute Gasteiger partial charge is 0.418 e. The maximum absolute atomic E-state index is 16.9. The van der Waals surface area contributed by atoms with Crippen molar-refractivity contribution in [3.05, 3.63) is 51.8 Å². The number of alkyl halides is 3. The average molecular weight is 764 g/mol. The summed E-state index contributed by atoms with van der Waals surface area (Å²) in [6.07, 6.45) is -0.556. The second-order valence-corrected chi connectivity index (χ2v) is 14.0. The second kappa shape index (κ2) is 13.8. The largest absolute Gasteiger partial charge is 0.463 e. The molecule has 4 aromatic rings. The molecule has 3 aliphatic rings. The topological polar surface area (TPSA) is 152 Å². The summed E-state index contributed by atoms with van der Waals surface area (Å²) < 4.78 is 72.8. The van der Waals surface area contributed by atoms with Crippen molar-refractivity contribution in [2.24, 2.45) is 5.41 Å². The predicted molar refractivity (Wildman–Crippen MR) is 183 cm³/mol. The first-order valence-corrected chi connectivity index (χ1v) is 17.1. The number of nitriles is 1. The number of amides is 1. The lowest BCUT2D eigenvalue weighted by molar-refractivity contribution is -0.137. The molecule has 0 spiro atoms. The van der Waals surface area contributed by atoms with Crippen molar-refractivity contribution in [2.45, 2.75) is 32.0 Å². The van der Waals surface area contributed by atoms with Crippen LogP contribution in [0, 0.1) is 29.5 Å². The fraction of sp³-hybridized carbons (Fsp3) is 0.455. The van der Waals surface area contributed by atoms with Gasteiger partial charge in [-0.1, -0.05) is 23.2 Å². The van der Waals surface area contributed by atoms with E-state index in [4.69, 9.17) is 38.4 Å². The number of carbonyl (C=O) groups excluding carboxylic acids is 1. The molecule has 2 N–H and O–H groups in total. The SMILES string of the molecule is Cc1cc(N)nc(-c2c(Cl)cc3c(N4CCN(C(=O)n5cnc(Cl)c5)C[C@@H]4C#N)nc(OCC4(CN5CCOCC5)CC4)nc3c2F)c1C(F)(F)F. The minimum absolute atomic E-state index is 0.0173. The van der Waals surface area contributed by atoms with Crippen LogP contribution in [0.5, 0.6) is 6.01 Å². The van der Waals surface area contributed by atoms with E-state index >= 15 is 4.39 Å². The van der Waals surface area contributed by atoms with Gasteiger partial charge in [-0.3, -0.25) is 9.47 Å². The number of piperazine rings is 1. The summed E-state index contributed by atoms with van der Waals surface area (Å²) in [5.41, 5.74) is 2.35. The molecule has 7 rings (SSSR count).